The molecule has 0 spiro atoms. The maximum absolute atomic E-state index is 13.2. The molecule has 3 aromatic rings. The van der Waals surface area contributed by atoms with Crippen LogP contribution >= 0.6 is 0 Å². The van der Waals surface area contributed by atoms with E-state index in [1.165, 1.54) is 13.2 Å². The van der Waals surface area contributed by atoms with Crippen molar-refractivity contribution in [1.29, 1.82) is 0 Å². The molecule has 168 valence electrons. The van der Waals surface area contributed by atoms with Crippen LogP contribution in [0.2, 0.25) is 0 Å². The Morgan fingerprint density at radius 3 is 2.69 bits per heavy atom. The summed E-state index contributed by atoms with van der Waals surface area (Å²) in [7, 11) is 1.36. The number of benzene rings is 1. The van der Waals surface area contributed by atoms with Crippen molar-refractivity contribution >= 4 is 11.6 Å². The van der Waals surface area contributed by atoms with Crippen LogP contribution in [0.25, 0.3) is 16.9 Å². The van der Waals surface area contributed by atoms with Crippen LogP contribution in [0.4, 0.5) is 8.78 Å². The molecule has 32 heavy (non-hydrogen) atoms. The van der Waals surface area contributed by atoms with Crippen LogP contribution in [0.15, 0.2) is 36.7 Å². The van der Waals surface area contributed by atoms with E-state index in [-0.39, 0.29) is 36.3 Å². The summed E-state index contributed by atoms with van der Waals surface area (Å²) < 4.78 is 43.2. The number of hydrogen-bond donors (Lipinski definition) is 2. The van der Waals surface area contributed by atoms with Gasteiger partial charge in [0, 0.05) is 17.8 Å². The van der Waals surface area contributed by atoms with E-state index in [1.54, 1.807) is 35.0 Å². The third-order valence-electron chi connectivity index (χ3n) is 5.67. The topological polar surface area (TPSA) is 94.3 Å². The highest BCUT2D eigenvalue weighted by Crippen LogP contribution is 2.37. The Hall–Kier alpha value is -3.24. The molecule has 3 heterocycles. The summed E-state index contributed by atoms with van der Waals surface area (Å²) in [4.78, 5) is 17.1. The van der Waals surface area contributed by atoms with Crippen LogP contribution < -0.4 is 14.8 Å². The first kappa shape index (κ1) is 20.7. The second kappa shape index (κ2) is 7.72. The fraction of sp³-hybridized carbons (Fsp3) is 0.364. The molecule has 0 unspecified atom stereocenters. The van der Waals surface area contributed by atoms with E-state index in [0.29, 0.717) is 22.5 Å². The summed E-state index contributed by atoms with van der Waals surface area (Å²) in [5.41, 5.74) is 1.18. The molecule has 0 bridgehead atoms. The van der Waals surface area contributed by atoms with Crippen LogP contribution in [0.3, 0.4) is 0 Å². The molecule has 0 atom stereocenters. The summed E-state index contributed by atoms with van der Waals surface area (Å²) in [5.74, 6) is -0.686. The Kier molecular flexibility index (Phi) is 4.98. The minimum absolute atomic E-state index is 0.0372. The zero-order chi connectivity index (χ0) is 22.5. The second-order valence-electron chi connectivity index (χ2n) is 7.99. The number of fused-ring (bicyclic) bond motifs is 1. The lowest BCUT2D eigenvalue weighted by atomic mass is 9.93. The standard InChI is InChI=1S/C22H21F2N3O5/c1-30-16-6-12(7-17(32-21(23)24)19(16)20(28)26-14-2-3-14)15-9-25-18-8-13(4-5-27(15)18)22(29)10-31-11-22/h4-9,14,21,29H,2-3,10-11H2,1H3,(H,26,28). The number of ether oxygens (including phenoxy) is 3. The van der Waals surface area contributed by atoms with Gasteiger partial charge in [0.05, 0.1) is 32.2 Å². The van der Waals surface area contributed by atoms with E-state index in [0.717, 1.165) is 12.8 Å². The summed E-state index contributed by atoms with van der Waals surface area (Å²) in [6.45, 7) is -2.68. The number of aromatic nitrogens is 2. The number of carbonyl (C=O) groups excluding carboxylic acids is 1. The Morgan fingerprint density at radius 1 is 1.31 bits per heavy atom. The first-order valence-electron chi connectivity index (χ1n) is 10.1. The minimum atomic E-state index is -3.11. The number of rotatable bonds is 7. The molecule has 1 amide bonds. The molecule has 1 saturated carbocycles. The van der Waals surface area contributed by atoms with Gasteiger partial charge < -0.3 is 24.6 Å². The molecule has 2 N–H and O–H groups in total. The third-order valence-corrected chi connectivity index (χ3v) is 5.67. The zero-order valence-corrected chi connectivity index (χ0v) is 17.2. The van der Waals surface area contributed by atoms with E-state index in [1.807, 2.05) is 0 Å². The van der Waals surface area contributed by atoms with Gasteiger partial charge in [-0.3, -0.25) is 9.20 Å². The minimum Gasteiger partial charge on any atom is -0.496 e. The Bertz CT molecular complexity index is 1190. The fourth-order valence-electron chi connectivity index (χ4n) is 3.74. The van der Waals surface area contributed by atoms with Crippen LogP contribution in [0, 0.1) is 0 Å². The predicted molar refractivity (Wildman–Crippen MR) is 109 cm³/mol. The summed E-state index contributed by atoms with van der Waals surface area (Å²) in [6.07, 6.45) is 5.01. The lowest BCUT2D eigenvalue weighted by molar-refractivity contribution is -0.184. The van der Waals surface area contributed by atoms with E-state index >= 15 is 0 Å². The molecular formula is C22H21F2N3O5. The van der Waals surface area contributed by atoms with Crippen LogP contribution in [0.1, 0.15) is 28.8 Å². The van der Waals surface area contributed by atoms with Crippen LogP contribution in [-0.4, -0.2) is 53.4 Å². The van der Waals surface area contributed by atoms with Crippen LogP contribution in [-0.2, 0) is 10.3 Å². The number of nitrogens with one attached hydrogen (secondary N) is 1. The molecule has 1 saturated heterocycles. The zero-order valence-electron chi connectivity index (χ0n) is 17.2. The van der Waals surface area contributed by atoms with Crippen LogP contribution in [0.5, 0.6) is 11.5 Å². The van der Waals surface area contributed by atoms with Crippen molar-refractivity contribution in [2.24, 2.45) is 0 Å². The molecule has 1 aliphatic heterocycles. The quantitative estimate of drug-likeness (QED) is 0.581. The molecule has 10 heteroatoms. The Morgan fingerprint density at radius 2 is 2.06 bits per heavy atom. The highest BCUT2D eigenvalue weighted by molar-refractivity contribution is 6.01. The van der Waals surface area contributed by atoms with Crippen molar-refractivity contribution in [2.45, 2.75) is 31.1 Å². The van der Waals surface area contributed by atoms with E-state index in [2.05, 4.69) is 10.3 Å². The van der Waals surface area contributed by atoms with Gasteiger partial charge in [-0.2, -0.15) is 8.78 Å². The number of imidazole rings is 1. The van der Waals surface area contributed by atoms with Crippen molar-refractivity contribution in [1.82, 2.24) is 14.7 Å². The van der Waals surface area contributed by atoms with Gasteiger partial charge in [-0.15, -0.1) is 0 Å². The summed E-state index contributed by atoms with van der Waals surface area (Å²) in [6, 6.07) is 6.50. The maximum Gasteiger partial charge on any atom is 0.387 e. The van der Waals surface area contributed by atoms with Gasteiger partial charge in [-0.25, -0.2) is 4.98 Å². The van der Waals surface area contributed by atoms with Gasteiger partial charge in [-0.05, 0) is 42.7 Å². The smallest absolute Gasteiger partial charge is 0.387 e. The lowest BCUT2D eigenvalue weighted by Gasteiger charge is -2.36. The number of aliphatic hydroxyl groups is 1. The first-order chi connectivity index (χ1) is 15.4. The van der Waals surface area contributed by atoms with Gasteiger partial charge in [0.15, 0.2) is 0 Å². The average molecular weight is 445 g/mol. The number of carbonyl (C=O) groups is 1. The van der Waals surface area contributed by atoms with Crippen molar-refractivity contribution in [3.05, 3.63) is 47.8 Å². The number of halogens is 2. The van der Waals surface area contributed by atoms with E-state index in [4.69, 9.17) is 14.2 Å². The predicted octanol–water partition coefficient (Wildman–Crippen LogP) is 2.72. The van der Waals surface area contributed by atoms with Crippen molar-refractivity contribution < 1.29 is 32.9 Å². The monoisotopic (exact) mass is 445 g/mol. The molecule has 2 aliphatic rings. The van der Waals surface area contributed by atoms with Gasteiger partial charge in [0.2, 0.25) is 0 Å². The Labute approximate surface area is 181 Å². The maximum atomic E-state index is 13.2. The number of methoxy groups -OCH3 is 1. The molecular weight excluding hydrogens is 424 g/mol. The van der Waals surface area contributed by atoms with Crippen molar-refractivity contribution in [3.63, 3.8) is 0 Å². The average Bonchev–Trinajstić information content (AvgIpc) is 3.45. The van der Waals surface area contributed by atoms with Gasteiger partial charge in [0.25, 0.3) is 5.91 Å². The van der Waals surface area contributed by atoms with E-state index < -0.39 is 18.1 Å². The molecule has 8 nitrogen and oxygen atoms in total. The van der Waals surface area contributed by atoms with Gasteiger partial charge in [-0.1, -0.05) is 0 Å². The number of amides is 1. The molecule has 1 aliphatic carbocycles. The SMILES string of the molecule is COc1cc(-c2cnc3cc(C4(O)COC4)ccn23)cc(OC(F)F)c1C(=O)NC1CC1. The molecule has 2 fully saturated rings. The number of nitrogens with zero attached hydrogens (tertiary/aromatic N) is 2. The third kappa shape index (κ3) is 3.65. The molecule has 2 aromatic heterocycles. The molecule has 1 aromatic carbocycles. The summed E-state index contributed by atoms with van der Waals surface area (Å²) in [5, 5.41) is 13.3. The molecule has 0 radical (unpaired) electrons. The highest BCUT2D eigenvalue weighted by atomic mass is 19.3. The number of pyridine rings is 1. The lowest BCUT2D eigenvalue weighted by Crippen LogP contribution is -2.46. The van der Waals surface area contributed by atoms with Gasteiger partial charge >= 0.3 is 6.61 Å². The summed E-state index contributed by atoms with van der Waals surface area (Å²) >= 11 is 0. The number of alkyl halides is 2. The molecule has 5 rings (SSSR count). The highest BCUT2D eigenvalue weighted by Gasteiger charge is 2.38. The second-order valence-corrected chi connectivity index (χ2v) is 7.99. The van der Waals surface area contributed by atoms with Crippen molar-refractivity contribution in [2.75, 3.05) is 20.3 Å². The largest absolute Gasteiger partial charge is 0.496 e. The van der Waals surface area contributed by atoms with Crippen molar-refractivity contribution in [3.8, 4) is 22.8 Å². The fourth-order valence-corrected chi connectivity index (χ4v) is 3.74. The van der Waals surface area contributed by atoms with E-state index in [9.17, 15) is 18.7 Å². The number of hydrogen-bond acceptors (Lipinski definition) is 6. The first-order valence-corrected chi connectivity index (χ1v) is 10.1. The normalized spacial score (nSPS) is 17.3. The van der Waals surface area contributed by atoms with Gasteiger partial charge in [0.1, 0.15) is 28.3 Å². The Balaban J connectivity index is 1.58.